The van der Waals surface area contributed by atoms with Crippen LogP contribution in [0.4, 0.5) is 0 Å². The average Bonchev–Trinajstić information content (AvgIpc) is 3.01. The van der Waals surface area contributed by atoms with Crippen molar-refractivity contribution in [3.63, 3.8) is 0 Å². The number of rotatable bonds is 3. The van der Waals surface area contributed by atoms with Crippen LogP contribution in [0.2, 0.25) is 0 Å². The Bertz CT molecular complexity index is 730. The number of carbonyl (C=O) groups is 1. The normalized spacial score (nSPS) is 21.9. The van der Waals surface area contributed by atoms with Crippen molar-refractivity contribution in [1.29, 1.82) is 0 Å². The summed E-state index contributed by atoms with van der Waals surface area (Å²) < 4.78 is 5.89. The van der Waals surface area contributed by atoms with Crippen LogP contribution in [0, 0.1) is 0 Å². The molecule has 0 bridgehead atoms. The number of ether oxygens (including phenoxy) is 1. The van der Waals surface area contributed by atoms with Crippen LogP contribution < -0.4 is 0 Å². The molecule has 1 aliphatic carbocycles. The molecule has 1 atom stereocenters. The highest BCUT2D eigenvalue weighted by molar-refractivity contribution is 5.86. The molecule has 1 aromatic carbocycles. The summed E-state index contributed by atoms with van der Waals surface area (Å²) in [6.07, 6.45) is 7.18. The van der Waals surface area contributed by atoms with E-state index in [1.165, 1.54) is 41.4 Å². The molecule has 2 aliphatic rings. The van der Waals surface area contributed by atoms with E-state index in [0.717, 1.165) is 25.8 Å². The van der Waals surface area contributed by atoms with Gasteiger partial charge in [0.1, 0.15) is 6.61 Å². The van der Waals surface area contributed by atoms with Crippen LogP contribution in [0.5, 0.6) is 0 Å². The lowest BCUT2D eigenvalue weighted by Gasteiger charge is -2.34. The van der Waals surface area contributed by atoms with Gasteiger partial charge in [-0.1, -0.05) is 37.5 Å². The van der Waals surface area contributed by atoms with Crippen LogP contribution in [0.25, 0.3) is 10.9 Å². The number of hydrogen-bond donors (Lipinski definition) is 1. The quantitative estimate of drug-likeness (QED) is 0.928. The Morgan fingerprint density at radius 1 is 1.25 bits per heavy atom. The van der Waals surface area contributed by atoms with Gasteiger partial charge >= 0.3 is 0 Å². The lowest BCUT2D eigenvalue weighted by molar-refractivity contribution is -0.141. The van der Waals surface area contributed by atoms with E-state index in [9.17, 15) is 4.79 Å². The van der Waals surface area contributed by atoms with Crippen LogP contribution in [0.3, 0.4) is 0 Å². The molecule has 1 N–H and O–H groups in total. The zero-order chi connectivity index (χ0) is 16.5. The molecule has 2 heterocycles. The van der Waals surface area contributed by atoms with Gasteiger partial charge in [0, 0.05) is 23.1 Å². The van der Waals surface area contributed by atoms with Gasteiger partial charge in [-0.3, -0.25) is 4.79 Å². The topological polar surface area (TPSA) is 45.3 Å². The molecule has 0 spiro atoms. The van der Waals surface area contributed by atoms with Crippen molar-refractivity contribution in [3.05, 3.63) is 35.5 Å². The van der Waals surface area contributed by atoms with Gasteiger partial charge in [-0.05, 0) is 37.8 Å². The Kier molecular flexibility index (Phi) is 4.31. The Balaban J connectivity index is 1.46. The summed E-state index contributed by atoms with van der Waals surface area (Å²) in [5.74, 6) is 0.123. The zero-order valence-electron chi connectivity index (χ0n) is 14.4. The monoisotopic (exact) mass is 326 g/mol. The molecule has 1 aliphatic heterocycles. The van der Waals surface area contributed by atoms with E-state index in [4.69, 9.17) is 4.74 Å². The van der Waals surface area contributed by atoms with E-state index in [1.807, 2.05) is 4.90 Å². The first-order chi connectivity index (χ1) is 11.7. The number of aromatic nitrogens is 1. The van der Waals surface area contributed by atoms with Crippen LogP contribution in [0.15, 0.2) is 24.3 Å². The molecule has 4 heteroatoms. The number of nitrogens with zero attached hydrogens (tertiary/aromatic N) is 1. The second kappa shape index (κ2) is 6.60. The number of fused-ring (bicyclic) bond motifs is 3. The van der Waals surface area contributed by atoms with Crippen molar-refractivity contribution in [2.24, 2.45) is 0 Å². The second-order valence-electron chi connectivity index (χ2n) is 7.15. The summed E-state index contributed by atoms with van der Waals surface area (Å²) in [4.78, 5) is 18.2. The van der Waals surface area contributed by atoms with Crippen LogP contribution in [-0.4, -0.2) is 35.0 Å². The Morgan fingerprint density at radius 2 is 2.04 bits per heavy atom. The molecule has 0 unspecified atom stereocenters. The molecule has 24 heavy (non-hydrogen) atoms. The molecule has 4 rings (SSSR count). The minimum atomic E-state index is 0.0867. The van der Waals surface area contributed by atoms with Gasteiger partial charge in [0.15, 0.2) is 0 Å². The third-order valence-corrected chi connectivity index (χ3v) is 5.65. The highest BCUT2D eigenvalue weighted by Gasteiger charge is 2.30. The fourth-order valence-corrected chi connectivity index (χ4v) is 4.27. The largest absolute Gasteiger partial charge is 0.368 e. The smallest absolute Gasteiger partial charge is 0.249 e. The van der Waals surface area contributed by atoms with Crippen molar-refractivity contribution >= 4 is 16.8 Å². The summed E-state index contributed by atoms with van der Waals surface area (Å²) in [5.41, 5.74) is 3.73. The molecule has 4 nitrogen and oxygen atoms in total. The fraction of sp³-hybridized carbons (Fsp3) is 0.550. The second-order valence-corrected chi connectivity index (χ2v) is 7.15. The number of amides is 1. The standard InChI is InChI=1S/C20H26N2O2/c1-14-20-17(16-9-5-6-10-18(16)21-20)11-12-22(14)19(23)13-24-15-7-3-2-4-8-15/h5-6,9-10,14-15,21H,2-4,7-8,11-13H2,1H3/t14-/m0/s1. The number of carbonyl (C=O) groups excluding carboxylic acids is 1. The van der Waals surface area contributed by atoms with Crippen LogP contribution in [0.1, 0.15) is 56.3 Å². The number of aromatic amines is 1. The number of nitrogens with one attached hydrogen (secondary N) is 1. The van der Waals surface area contributed by atoms with Gasteiger partial charge in [0.25, 0.3) is 0 Å². The maximum absolute atomic E-state index is 12.7. The molecular weight excluding hydrogens is 300 g/mol. The van der Waals surface area contributed by atoms with Crippen molar-refractivity contribution < 1.29 is 9.53 Å². The molecule has 1 fully saturated rings. The number of hydrogen-bond acceptors (Lipinski definition) is 2. The van der Waals surface area contributed by atoms with E-state index in [-0.39, 0.29) is 24.7 Å². The summed E-state index contributed by atoms with van der Waals surface area (Å²) in [6.45, 7) is 3.12. The van der Waals surface area contributed by atoms with E-state index < -0.39 is 0 Å². The minimum absolute atomic E-state index is 0.0867. The van der Waals surface area contributed by atoms with E-state index >= 15 is 0 Å². The zero-order valence-corrected chi connectivity index (χ0v) is 14.4. The maximum atomic E-state index is 12.7. The lowest BCUT2D eigenvalue weighted by Crippen LogP contribution is -2.41. The van der Waals surface area contributed by atoms with E-state index in [1.54, 1.807) is 0 Å². The SMILES string of the molecule is C[C@H]1c2[nH]c3ccccc3c2CCN1C(=O)COC1CCCCC1. The predicted octanol–water partition coefficient (Wildman–Crippen LogP) is 3.96. The molecular formula is C20H26N2O2. The Labute approximate surface area is 143 Å². The highest BCUT2D eigenvalue weighted by Crippen LogP contribution is 2.34. The maximum Gasteiger partial charge on any atom is 0.249 e. The van der Waals surface area contributed by atoms with Gasteiger partial charge in [-0.15, -0.1) is 0 Å². The molecule has 0 radical (unpaired) electrons. The van der Waals surface area contributed by atoms with Crippen LogP contribution >= 0.6 is 0 Å². The van der Waals surface area contributed by atoms with Crippen molar-refractivity contribution in [2.45, 2.75) is 57.6 Å². The van der Waals surface area contributed by atoms with Crippen molar-refractivity contribution in [2.75, 3.05) is 13.2 Å². The minimum Gasteiger partial charge on any atom is -0.368 e. The molecule has 2 aromatic rings. The van der Waals surface area contributed by atoms with E-state index in [0.29, 0.717) is 0 Å². The highest BCUT2D eigenvalue weighted by atomic mass is 16.5. The van der Waals surface area contributed by atoms with Crippen molar-refractivity contribution in [1.82, 2.24) is 9.88 Å². The number of para-hydroxylation sites is 1. The molecule has 128 valence electrons. The summed E-state index contributed by atoms with van der Waals surface area (Å²) >= 11 is 0. The molecule has 1 aromatic heterocycles. The summed E-state index contributed by atoms with van der Waals surface area (Å²) in [6, 6.07) is 8.50. The summed E-state index contributed by atoms with van der Waals surface area (Å²) in [5, 5.41) is 1.30. The Hall–Kier alpha value is -1.81. The first-order valence-electron chi connectivity index (χ1n) is 9.24. The van der Waals surface area contributed by atoms with Gasteiger partial charge in [0.2, 0.25) is 5.91 Å². The van der Waals surface area contributed by atoms with Crippen molar-refractivity contribution in [3.8, 4) is 0 Å². The molecule has 1 saturated carbocycles. The molecule has 0 saturated heterocycles. The number of H-pyrrole nitrogens is 1. The summed E-state index contributed by atoms with van der Waals surface area (Å²) in [7, 11) is 0. The predicted molar refractivity (Wildman–Crippen MR) is 95.0 cm³/mol. The van der Waals surface area contributed by atoms with Gasteiger partial charge in [0.05, 0.1) is 12.1 Å². The van der Waals surface area contributed by atoms with Gasteiger partial charge in [-0.2, -0.15) is 0 Å². The molecule has 1 amide bonds. The van der Waals surface area contributed by atoms with Gasteiger partial charge in [-0.25, -0.2) is 0 Å². The average molecular weight is 326 g/mol. The Morgan fingerprint density at radius 3 is 2.88 bits per heavy atom. The van der Waals surface area contributed by atoms with E-state index in [2.05, 4.69) is 36.2 Å². The first-order valence-corrected chi connectivity index (χ1v) is 9.24. The first kappa shape index (κ1) is 15.7. The third-order valence-electron chi connectivity index (χ3n) is 5.65. The van der Waals surface area contributed by atoms with Crippen LogP contribution in [-0.2, 0) is 16.0 Å². The fourth-order valence-electron chi connectivity index (χ4n) is 4.27. The van der Waals surface area contributed by atoms with Gasteiger partial charge < -0.3 is 14.6 Å². The number of benzene rings is 1. The lowest BCUT2D eigenvalue weighted by atomic mass is 9.97. The third kappa shape index (κ3) is 2.84.